The zero-order valence-corrected chi connectivity index (χ0v) is 13.7. The van der Waals surface area contributed by atoms with Gasteiger partial charge < -0.3 is 14.4 Å². The first-order valence-electron chi connectivity index (χ1n) is 7.70. The third-order valence-electron chi connectivity index (χ3n) is 3.77. The van der Waals surface area contributed by atoms with Gasteiger partial charge >= 0.3 is 0 Å². The zero-order chi connectivity index (χ0) is 16.2. The van der Waals surface area contributed by atoms with Crippen molar-refractivity contribution in [3.05, 3.63) is 59.4 Å². The van der Waals surface area contributed by atoms with Crippen LogP contribution in [0, 0.1) is 0 Å². The van der Waals surface area contributed by atoms with Crippen molar-refractivity contribution >= 4 is 22.6 Å². The lowest BCUT2D eigenvalue weighted by Gasteiger charge is -2.13. The van der Waals surface area contributed by atoms with Gasteiger partial charge in [-0.2, -0.15) is 0 Å². The first-order chi connectivity index (χ1) is 11.2. The van der Waals surface area contributed by atoms with E-state index in [1.54, 1.807) is 12.1 Å². The first kappa shape index (κ1) is 15.8. The monoisotopic (exact) mass is 330 g/mol. The third-order valence-corrected chi connectivity index (χ3v) is 4.02. The molecule has 3 aromatic rings. The van der Waals surface area contributed by atoms with Crippen LogP contribution in [0.4, 0.5) is 0 Å². The Bertz CT molecular complexity index is 783. The Morgan fingerprint density at radius 3 is 2.65 bits per heavy atom. The van der Waals surface area contributed by atoms with Gasteiger partial charge in [0.1, 0.15) is 24.3 Å². The zero-order valence-electron chi connectivity index (χ0n) is 12.9. The van der Waals surface area contributed by atoms with Crippen LogP contribution in [0.2, 0.25) is 5.02 Å². The number of aromatic nitrogens is 2. The summed E-state index contributed by atoms with van der Waals surface area (Å²) in [5, 5.41) is 10.9. The Morgan fingerprint density at radius 2 is 1.91 bits per heavy atom. The summed E-state index contributed by atoms with van der Waals surface area (Å²) in [4.78, 5) is 4.56. The van der Waals surface area contributed by atoms with E-state index in [-0.39, 0.29) is 0 Å². The minimum atomic E-state index is -0.571. The minimum absolute atomic E-state index is 0.491. The highest BCUT2D eigenvalue weighted by Crippen LogP contribution is 2.23. The fraction of sp³-hybridized carbons (Fsp3) is 0.278. The molecule has 1 aromatic heterocycles. The normalized spacial score (nSPS) is 12.5. The molecule has 0 amide bonds. The Kier molecular flexibility index (Phi) is 4.84. The number of aliphatic hydroxyl groups is 1. The summed E-state index contributed by atoms with van der Waals surface area (Å²) in [7, 11) is 0. The molecule has 4 nitrogen and oxygen atoms in total. The van der Waals surface area contributed by atoms with Crippen LogP contribution in [0.15, 0.2) is 48.5 Å². The number of ether oxygens (including phenoxy) is 1. The summed E-state index contributed by atoms with van der Waals surface area (Å²) in [5.74, 6) is 1.46. The van der Waals surface area contributed by atoms with Gasteiger partial charge in [0, 0.05) is 5.02 Å². The van der Waals surface area contributed by atoms with Gasteiger partial charge in [-0.3, -0.25) is 0 Å². The van der Waals surface area contributed by atoms with Gasteiger partial charge in [0.2, 0.25) is 0 Å². The molecular formula is C18H19ClN2O2. The number of benzene rings is 2. The maximum atomic E-state index is 10.2. The maximum absolute atomic E-state index is 10.2. The van der Waals surface area contributed by atoms with Gasteiger partial charge in [0.05, 0.1) is 17.6 Å². The molecule has 0 aliphatic rings. The van der Waals surface area contributed by atoms with Crippen LogP contribution in [0.25, 0.3) is 11.0 Å². The van der Waals surface area contributed by atoms with Crippen LogP contribution in [-0.4, -0.2) is 21.3 Å². The fourth-order valence-electron chi connectivity index (χ4n) is 2.55. The minimum Gasteiger partial charge on any atom is -0.492 e. The van der Waals surface area contributed by atoms with E-state index in [4.69, 9.17) is 16.3 Å². The maximum Gasteiger partial charge on any atom is 0.138 e. The first-order valence-corrected chi connectivity index (χ1v) is 8.08. The van der Waals surface area contributed by atoms with Crippen molar-refractivity contribution in [2.75, 3.05) is 6.61 Å². The fourth-order valence-corrected chi connectivity index (χ4v) is 2.68. The molecule has 0 unspecified atom stereocenters. The number of para-hydroxylation sites is 2. The van der Waals surface area contributed by atoms with Crippen molar-refractivity contribution in [1.82, 2.24) is 9.55 Å². The Hall–Kier alpha value is -2.04. The molecule has 0 saturated heterocycles. The molecule has 0 saturated carbocycles. The van der Waals surface area contributed by atoms with Gasteiger partial charge in [-0.1, -0.05) is 30.7 Å². The number of rotatable bonds is 6. The number of nitrogens with zero attached hydrogens (tertiary/aromatic N) is 2. The van der Waals surface area contributed by atoms with E-state index in [0.717, 1.165) is 16.8 Å². The van der Waals surface area contributed by atoms with E-state index in [1.807, 2.05) is 47.9 Å². The quantitative estimate of drug-likeness (QED) is 0.736. The van der Waals surface area contributed by atoms with Gasteiger partial charge in [-0.05, 0) is 42.8 Å². The van der Waals surface area contributed by atoms with Crippen molar-refractivity contribution in [2.24, 2.45) is 0 Å². The molecule has 0 spiro atoms. The lowest BCUT2D eigenvalue weighted by molar-refractivity contribution is 0.157. The second-order valence-electron chi connectivity index (χ2n) is 5.34. The largest absolute Gasteiger partial charge is 0.492 e. The highest BCUT2D eigenvalue weighted by Gasteiger charge is 2.16. The molecule has 1 atom stereocenters. The van der Waals surface area contributed by atoms with Gasteiger partial charge in [0.15, 0.2) is 0 Å². The molecule has 0 fully saturated rings. The number of aliphatic hydroxyl groups excluding tert-OH is 1. The topological polar surface area (TPSA) is 47.3 Å². The molecule has 3 rings (SSSR count). The van der Waals surface area contributed by atoms with Crippen LogP contribution in [-0.2, 0) is 6.54 Å². The molecule has 0 radical (unpaired) electrons. The van der Waals surface area contributed by atoms with E-state index < -0.39 is 6.10 Å². The average Bonchev–Trinajstić information content (AvgIpc) is 2.95. The molecule has 23 heavy (non-hydrogen) atoms. The van der Waals surface area contributed by atoms with Crippen molar-refractivity contribution in [2.45, 2.75) is 26.0 Å². The third kappa shape index (κ3) is 3.49. The Balaban J connectivity index is 1.79. The number of hydrogen-bond donors (Lipinski definition) is 1. The number of imidazole rings is 1. The van der Waals surface area contributed by atoms with Gasteiger partial charge in [-0.25, -0.2) is 4.98 Å². The molecule has 1 heterocycles. The van der Waals surface area contributed by atoms with Gasteiger partial charge in [0.25, 0.3) is 0 Å². The summed E-state index contributed by atoms with van der Waals surface area (Å²) >= 11 is 5.87. The predicted octanol–water partition coefficient (Wildman–Crippen LogP) is 4.21. The Labute approximate surface area is 140 Å². The molecule has 1 N–H and O–H groups in total. The molecule has 0 aliphatic heterocycles. The van der Waals surface area contributed by atoms with E-state index in [1.165, 1.54) is 0 Å². The second-order valence-corrected chi connectivity index (χ2v) is 5.77. The molecule has 0 aliphatic carbocycles. The summed E-state index contributed by atoms with van der Waals surface area (Å²) in [5.41, 5.74) is 1.90. The highest BCUT2D eigenvalue weighted by molar-refractivity contribution is 6.30. The standard InChI is InChI=1S/C18H19ClN2O2/c1-2-17(22)18-20-15-5-3-4-6-16(15)21(18)11-12-23-14-9-7-13(19)8-10-14/h3-10,17,22H,2,11-12H2,1H3/t17-/m1/s1. The van der Waals surface area contributed by atoms with Crippen LogP contribution in [0.5, 0.6) is 5.75 Å². The average molecular weight is 331 g/mol. The summed E-state index contributed by atoms with van der Waals surface area (Å²) in [6.07, 6.45) is 0.0550. The summed E-state index contributed by atoms with van der Waals surface area (Å²) in [6.45, 7) is 3.06. The molecule has 0 bridgehead atoms. The van der Waals surface area contributed by atoms with E-state index in [9.17, 15) is 5.11 Å². The number of halogens is 1. The van der Waals surface area contributed by atoms with Crippen molar-refractivity contribution < 1.29 is 9.84 Å². The van der Waals surface area contributed by atoms with Crippen LogP contribution >= 0.6 is 11.6 Å². The number of hydrogen-bond acceptors (Lipinski definition) is 3. The smallest absolute Gasteiger partial charge is 0.138 e. The highest BCUT2D eigenvalue weighted by atomic mass is 35.5. The Morgan fingerprint density at radius 1 is 1.17 bits per heavy atom. The summed E-state index contributed by atoms with van der Waals surface area (Å²) < 4.78 is 7.79. The lowest BCUT2D eigenvalue weighted by Crippen LogP contribution is -2.13. The van der Waals surface area contributed by atoms with E-state index in [0.29, 0.717) is 30.4 Å². The second kappa shape index (κ2) is 7.02. The van der Waals surface area contributed by atoms with Crippen LogP contribution in [0.3, 0.4) is 0 Å². The molecule has 2 aromatic carbocycles. The van der Waals surface area contributed by atoms with Gasteiger partial charge in [-0.15, -0.1) is 0 Å². The van der Waals surface area contributed by atoms with E-state index >= 15 is 0 Å². The van der Waals surface area contributed by atoms with Crippen molar-refractivity contribution in [1.29, 1.82) is 0 Å². The van der Waals surface area contributed by atoms with Crippen LogP contribution in [0.1, 0.15) is 25.3 Å². The number of fused-ring (bicyclic) bond motifs is 1. The molecule has 120 valence electrons. The van der Waals surface area contributed by atoms with Crippen molar-refractivity contribution in [3.8, 4) is 5.75 Å². The molecule has 5 heteroatoms. The SMILES string of the molecule is CC[C@@H](O)c1nc2ccccc2n1CCOc1ccc(Cl)cc1. The van der Waals surface area contributed by atoms with Crippen molar-refractivity contribution in [3.63, 3.8) is 0 Å². The van der Waals surface area contributed by atoms with Crippen LogP contribution < -0.4 is 4.74 Å². The summed E-state index contributed by atoms with van der Waals surface area (Å²) in [6, 6.07) is 15.2. The lowest BCUT2D eigenvalue weighted by atomic mass is 10.2. The van der Waals surface area contributed by atoms with E-state index in [2.05, 4.69) is 4.98 Å². The molecular weight excluding hydrogens is 312 g/mol. The predicted molar refractivity (Wildman–Crippen MR) is 91.9 cm³/mol.